The Morgan fingerprint density at radius 2 is 1.09 bits per heavy atom. The largest absolute Gasteiger partial charge is 0.500 e. The van der Waals surface area contributed by atoms with Crippen LogP contribution in [0.25, 0.3) is 0 Å². The van der Waals surface area contributed by atoms with Crippen molar-refractivity contribution in [3.63, 3.8) is 0 Å². The number of rotatable bonds is 20. The minimum atomic E-state index is -2.83. The first-order valence-electron chi connectivity index (χ1n) is 16.0. The number of hydrogen-bond donors (Lipinski definition) is 0. The Morgan fingerprint density at radius 3 is 1.52 bits per heavy atom. The molecule has 1 fully saturated rings. The van der Waals surface area contributed by atoms with Crippen molar-refractivity contribution >= 4 is 77.5 Å². The van der Waals surface area contributed by atoms with E-state index in [9.17, 15) is 0 Å². The van der Waals surface area contributed by atoms with Crippen molar-refractivity contribution in [2.24, 2.45) is 0 Å². The highest BCUT2D eigenvalue weighted by Crippen LogP contribution is 2.40. The normalized spacial score (nSPS) is 27.3. The molecule has 0 aromatic carbocycles. The summed E-state index contributed by atoms with van der Waals surface area (Å²) in [6.07, 6.45) is 2.93. The molecule has 0 aromatic rings. The summed E-state index contributed by atoms with van der Waals surface area (Å²) in [4.78, 5) is 0. The van der Waals surface area contributed by atoms with Gasteiger partial charge in [-0.15, -0.1) is 13.2 Å². The molecule has 1 rings (SSSR count). The van der Waals surface area contributed by atoms with Gasteiger partial charge in [-0.2, -0.15) is 0 Å². The zero-order valence-electron chi connectivity index (χ0n) is 30.6. The van der Waals surface area contributed by atoms with Crippen LogP contribution < -0.4 is 0 Å². The van der Waals surface area contributed by atoms with Gasteiger partial charge < -0.3 is 38.3 Å². The highest BCUT2D eigenvalue weighted by molar-refractivity contribution is 6.95. The third kappa shape index (κ3) is 15.1. The van der Waals surface area contributed by atoms with Crippen LogP contribution in [0.5, 0.6) is 0 Å². The van der Waals surface area contributed by atoms with Gasteiger partial charge in [0.1, 0.15) is 0 Å². The third-order valence-electron chi connectivity index (χ3n) is 8.04. The Hall–Kier alpha value is 1.07. The molecule has 0 amide bonds. The molecule has 0 aliphatic carbocycles. The molecular formula is C26H66O9Si9. The predicted octanol–water partition coefficient (Wildman–Crippen LogP) is 6.97. The Balaban J connectivity index is 3.39. The monoisotopic (exact) mass is 774 g/mol. The number of hydrogen-bond acceptors (Lipinski definition) is 9. The summed E-state index contributed by atoms with van der Waals surface area (Å²) < 4.78 is 59.4. The van der Waals surface area contributed by atoms with E-state index < -0.39 is 68.0 Å². The van der Waals surface area contributed by atoms with E-state index in [0.29, 0.717) is 12.1 Å². The van der Waals surface area contributed by atoms with E-state index in [1.54, 1.807) is 21.3 Å². The van der Waals surface area contributed by atoms with Gasteiger partial charge >= 0.3 is 43.0 Å². The second-order valence-electron chi connectivity index (χ2n) is 14.7. The highest BCUT2D eigenvalue weighted by Gasteiger charge is 2.57. The van der Waals surface area contributed by atoms with Gasteiger partial charge in [0.2, 0.25) is 0 Å². The summed E-state index contributed by atoms with van der Waals surface area (Å²) in [6, 6.07) is 6.04. The first-order chi connectivity index (χ1) is 20.0. The maximum Gasteiger partial charge on any atom is 0.500 e. The molecule has 18 heteroatoms. The molecule has 1 heterocycles. The summed E-state index contributed by atoms with van der Waals surface area (Å²) >= 11 is 0. The molecular weight excluding hydrogens is 709 g/mol. The molecule has 0 spiro atoms. The molecule has 1 saturated heterocycles. The molecule has 1 aliphatic heterocycles. The molecule has 3 unspecified atom stereocenters. The first kappa shape index (κ1) is 43.1. The molecule has 1 aliphatic rings. The third-order valence-corrected chi connectivity index (χ3v) is 41.0. The van der Waals surface area contributed by atoms with E-state index in [1.165, 1.54) is 0 Å². The average molecular weight is 776 g/mol. The average Bonchev–Trinajstić information content (AvgIpc) is 2.88. The molecule has 9 nitrogen and oxygen atoms in total. The van der Waals surface area contributed by atoms with Gasteiger partial charge in [-0.05, 0) is 108 Å². The van der Waals surface area contributed by atoms with Crippen molar-refractivity contribution in [2.75, 3.05) is 27.6 Å². The van der Waals surface area contributed by atoms with E-state index in [2.05, 4.69) is 85.2 Å². The fourth-order valence-corrected chi connectivity index (χ4v) is 48.5. The van der Waals surface area contributed by atoms with Gasteiger partial charge in [0, 0.05) is 33.6 Å². The van der Waals surface area contributed by atoms with Gasteiger partial charge in [-0.25, -0.2) is 0 Å². The predicted molar refractivity (Wildman–Crippen MR) is 206 cm³/mol. The van der Waals surface area contributed by atoms with E-state index in [4.69, 9.17) is 38.3 Å². The zero-order chi connectivity index (χ0) is 34.1. The van der Waals surface area contributed by atoms with E-state index >= 15 is 0 Å². The van der Waals surface area contributed by atoms with Crippen molar-refractivity contribution in [3.05, 3.63) is 24.9 Å². The van der Waals surface area contributed by atoms with Crippen LogP contribution in [0.3, 0.4) is 0 Å². The molecule has 0 saturated carbocycles. The lowest BCUT2D eigenvalue weighted by molar-refractivity contribution is 0.124. The summed E-state index contributed by atoms with van der Waals surface area (Å²) in [5.41, 5.74) is 2.03. The SMILES string of the molecule is C=CC[SiH2]CO[Si](C)(C)CC[Si]1(C)O[Si](C)(C)O[Si](C)(CC[Si](OC)(OC)OC)O[Si](C)(CC[Si](C)(C)O[Si](C)(C)C=C)O1. The Morgan fingerprint density at radius 1 is 0.659 bits per heavy atom. The lowest BCUT2D eigenvalue weighted by Gasteiger charge is -2.50. The topological polar surface area (TPSA) is 83.1 Å². The van der Waals surface area contributed by atoms with Crippen molar-refractivity contribution in [2.45, 2.75) is 114 Å². The number of allylic oxidation sites excluding steroid dienone is 1. The van der Waals surface area contributed by atoms with Crippen LogP contribution in [0.15, 0.2) is 24.9 Å². The van der Waals surface area contributed by atoms with Crippen molar-refractivity contribution in [3.8, 4) is 0 Å². The molecule has 0 aromatic heterocycles. The molecule has 44 heavy (non-hydrogen) atoms. The van der Waals surface area contributed by atoms with Gasteiger partial charge in [-0.3, -0.25) is 0 Å². The molecule has 0 radical (unpaired) electrons. The van der Waals surface area contributed by atoms with Crippen LogP contribution in [-0.4, -0.2) is 105 Å². The molecule has 260 valence electrons. The van der Waals surface area contributed by atoms with E-state index in [-0.39, 0.29) is 9.52 Å². The Kier molecular flexibility index (Phi) is 16.8. The summed E-state index contributed by atoms with van der Waals surface area (Å²) in [7, 11) is -14.9. The van der Waals surface area contributed by atoms with Gasteiger partial charge in [0.15, 0.2) is 25.0 Å². The van der Waals surface area contributed by atoms with Crippen LogP contribution in [0, 0.1) is 0 Å². The summed E-state index contributed by atoms with van der Waals surface area (Å²) in [6.45, 7) is 32.5. The molecule has 0 N–H and O–H groups in total. The smallest absolute Gasteiger partial charge is 0.453 e. The first-order valence-corrected chi connectivity index (χ1v) is 39.5. The molecule has 3 atom stereocenters. The van der Waals surface area contributed by atoms with Crippen LogP contribution in [0.1, 0.15) is 0 Å². The van der Waals surface area contributed by atoms with Crippen molar-refractivity contribution < 1.29 is 38.3 Å². The van der Waals surface area contributed by atoms with E-state index in [1.807, 2.05) is 11.8 Å². The van der Waals surface area contributed by atoms with Gasteiger partial charge in [0.05, 0.1) is 9.52 Å². The van der Waals surface area contributed by atoms with Gasteiger partial charge in [0.25, 0.3) is 0 Å². The minimum Gasteiger partial charge on any atom is -0.453 e. The highest BCUT2D eigenvalue weighted by atomic mass is 28.5. The van der Waals surface area contributed by atoms with Crippen LogP contribution in [0.4, 0.5) is 0 Å². The van der Waals surface area contributed by atoms with Crippen molar-refractivity contribution in [1.29, 1.82) is 0 Å². The Bertz CT molecular complexity index is 915. The summed E-state index contributed by atoms with van der Waals surface area (Å²) in [5, 5.41) is 0. The van der Waals surface area contributed by atoms with Crippen LogP contribution in [-0.2, 0) is 38.3 Å². The lowest BCUT2D eigenvalue weighted by atomic mass is 10.8. The second-order valence-corrected chi connectivity index (χ2v) is 46.6. The zero-order valence-corrected chi connectivity index (χ0v) is 40.0. The van der Waals surface area contributed by atoms with E-state index in [0.717, 1.165) is 36.5 Å². The van der Waals surface area contributed by atoms with Crippen LogP contribution >= 0.6 is 0 Å². The molecule has 0 bridgehead atoms. The standard InChI is InChI=1S/C26H66O9Si9/c1-17-19-36-26-30-38(8,9)20-22-41(14)32-40(12,13)33-42(15,24-25-44(27-3,28-4)29-5)35-43(16,34-41)23-21-39(10,11)31-37(6,7)18-2/h17-18H,1-2,19-26,36H2,3-16H3. The minimum absolute atomic E-state index is 0.252. The maximum atomic E-state index is 7.36. The lowest BCUT2D eigenvalue weighted by Crippen LogP contribution is -2.67. The Labute approximate surface area is 281 Å². The van der Waals surface area contributed by atoms with Gasteiger partial charge in [-0.1, -0.05) is 11.8 Å². The quantitative estimate of drug-likeness (QED) is 0.0741. The second kappa shape index (κ2) is 17.1. The fourth-order valence-electron chi connectivity index (χ4n) is 5.79. The maximum absolute atomic E-state index is 7.36. The fraction of sp³-hybridized carbons (Fsp3) is 0.846. The summed E-state index contributed by atoms with van der Waals surface area (Å²) in [5.74, 6) is 0. The van der Waals surface area contributed by atoms with Crippen molar-refractivity contribution in [1.82, 2.24) is 0 Å². The van der Waals surface area contributed by atoms with Crippen LogP contribution in [0.2, 0.25) is 114 Å².